The van der Waals surface area contributed by atoms with Crippen LogP contribution in [-0.4, -0.2) is 31.6 Å². The molecule has 1 aliphatic carbocycles. The molecule has 2 aromatic carbocycles. The summed E-state index contributed by atoms with van der Waals surface area (Å²) >= 11 is 0. The second-order valence-corrected chi connectivity index (χ2v) is 9.08. The molecule has 6 nitrogen and oxygen atoms in total. The van der Waals surface area contributed by atoms with Gasteiger partial charge in [0.2, 0.25) is 0 Å². The number of aromatic nitrogens is 4. The number of hydrogen-bond donors (Lipinski definition) is 1. The van der Waals surface area contributed by atoms with Gasteiger partial charge in [0.15, 0.2) is 0 Å². The van der Waals surface area contributed by atoms with Crippen LogP contribution in [0.2, 0.25) is 0 Å². The first kappa shape index (κ1) is 17.8. The Bertz CT molecular complexity index is 1360. The average Bonchev–Trinajstić information content (AvgIpc) is 3.35. The molecule has 2 aliphatic rings. The van der Waals surface area contributed by atoms with Crippen molar-refractivity contribution in [1.29, 1.82) is 0 Å². The molecule has 3 heterocycles. The second kappa shape index (κ2) is 6.25. The zero-order valence-corrected chi connectivity index (χ0v) is 17.4. The Kier molecular flexibility index (Phi) is 3.72. The fourth-order valence-electron chi connectivity index (χ4n) is 5.07. The number of fused-ring (bicyclic) bond motifs is 2. The maximum Gasteiger partial charge on any atom is 0.274 e. The van der Waals surface area contributed by atoms with Crippen molar-refractivity contribution in [3.8, 4) is 11.1 Å². The molecule has 152 valence electrons. The second-order valence-electron chi connectivity index (χ2n) is 9.08. The first-order valence-corrected chi connectivity index (χ1v) is 10.7. The molecule has 1 aliphatic heterocycles. The standard InChI is InChI=1S/C24H25N5O/c1-15-9-17(11-19-14-28(2)27-22(15)19)16-3-4-21-18(10-16)13-26-29(23(21)30)20-5-8-25-24(12-20)6-7-24/h3-4,9-11,13-14,20,25H,5-8,12H2,1-2H3. The number of hydrogen-bond acceptors (Lipinski definition) is 4. The monoisotopic (exact) mass is 399 g/mol. The number of benzene rings is 2. The number of aryl methyl sites for hydroxylation is 2. The molecule has 0 amide bonds. The number of nitrogens with zero attached hydrogens (tertiary/aromatic N) is 4. The van der Waals surface area contributed by atoms with Gasteiger partial charge in [-0.05, 0) is 80.1 Å². The lowest BCUT2D eigenvalue weighted by Gasteiger charge is -2.30. The smallest absolute Gasteiger partial charge is 0.274 e. The molecule has 0 radical (unpaired) electrons. The highest BCUT2D eigenvalue weighted by atomic mass is 16.1. The largest absolute Gasteiger partial charge is 0.311 e. The van der Waals surface area contributed by atoms with Gasteiger partial charge in [0.25, 0.3) is 5.56 Å². The first-order chi connectivity index (χ1) is 14.5. The van der Waals surface area contributed by atoms with Gasteiger partial charge in [-0.15, -0.1) is 0 Å². The van der Waals surface area contributed by atoms with Crippen molar-refractivity contribution in [3.63, 3.8) is 0 Å². The molecular formula is C24H25N5O. The molecule has 1 saturated carbocycles. The lowest BCUT2D eigenvalue weighted by molar-refractivity contribution is 0.264. The van der Waals surface area contributed by atoms with Gasteiger partial charge >= 0.3 is 0 Å². The highest BCUT2D eigenvalue weighted by molar-refractivity contribution is 5.90. The van der Waals surface area contributed by atoms with Crippen molar-refractivity contribution < 1.29 is 0 Å². The van der Waals surface area contributed by atoms with Crippen molar-refractivity contribution in [1.82, 2.24) is 24.9 Å². The van der Waals surface area contributed by atoms with Crippen LogP contribution in [0, 0.1) is 6.92 Å². The predicted molar refractivity (Wildman–Crippen MR) is 119 cm³/mol. The van der Waals surface area contributed by atoms with Gasteiger partial charge in [-0.25, -0.2) is 4.68 Å². The fourth-order valence-corrected chi connectivity index (χ4v) is 5.07. The van der Waals surface area contributed by atoms with Crippen molar-refractivity contribution in [2.24, 2.45) is 7.05 Å². The number of piperidine rings is 1. The van der Waals surface area contributed by atoms with Crippen LogP contribution in [0.25, 0.3) is 32.8 Å². The van der Waals surface area contributed by atoms with Crippen LogP contribution in [0.3, 0.4) is 0 Å². The van der Waals surface area contributed by atoms with Gasteiger partial charge in [-0.2, -0.15) is 10.2 Å². The van der Waals surface area contributed by atoms with Crippen LogP contribution < -0.4 is 10.9 Å². The molecule has 30 heavy (non-hydrogen) atoms. The van der Waals surface area contributed by atoms with Crippen molar-refractivity contribution >= 4 is 21.7 Å². The van der Waals surface area contributed by atoms with E-state index in [2.05, 4.69) is 46.7 Å². The third-order valence-corrected chi connectivity index (χ3v) is 6.86. The van der Waals surface area contributed by atoms with Crippen LogP contribution in [0.1, 0.15) is 37.3 Å². The van der Waals surface area contributed by atoms with E-state index >= 15 is 0 Å². The molecule has 1 saturated heterocycles. The molecule has 1 spiro atoms. The third-order valence-electron chi connectivity index (χ3n) is 6.86. The van der Waals surface area contributed by atoms with E-state index in [0.29, 0.717) is 0 Å². The lowest BCUT2D eigenvalue weighted by atomic mass is 9.97. The van der Waals surface area contributed by atoms with E-state index in [-0.39, 0.29) is 17.1 Å². The van der Waals surface area contributed by atoms with Gasteiger partial charge < -0.3 is 5.32 Å². The van der Waals surface area contributed by atoms with Gasteiger partial charge in [0.05, 0.1) is 23.1 Å². The molecule has 2 aromatic heterocycles. The molecule has 6 heteroatoms. The summed E-state index contributed by atoms with van der Waals surface area (Å²) in [5, 5.41) is 15.5. The van der Waals surface area contributed by atoms with Gasteiger partial charge in [-0.1, -0.05) is 6.07 Å². The topological polar surface area (TPSA) is 64.7 Å². The maximum atomic E-state index is 13.2. The highest BCUT2D eigenvalue weighted by Gasteiger charge is 2.46. The quantitative estimate of drug-likeness (QED) is 0.558. The summed E-state index contributed by atoms with van der Waals surface area (Å²) in [6.07, 6.45) is 8.30. The SMILES string of the molecule is Cc1cc(-c2ccc3c(=O)n(C4CCNC5(CC5)C4)ncc3c2)cc2cn(C)nc12. The van der Waals surface area contributed by atoms with E-state index in [1.54, 1.807) is 4.68 Å². The van der Waals surface area contributed by atoms with E-state index in [1.165, 1.54) is 12.8 Å². The Morgan fingerprint density at radius 2 is 1.97 bits per heavy atom. The third kappa shape index (κ3) is 2.78. The van der Waals surface area contributed by atoms with E-state index in [1.807, 2.05) is 30.2 Å². The van der Waals surface area contributed by atoms with E-state index in [0.717, 1.165) is 57.8 Å². The normalized spacial score (nSPS) is 20.3. The molecule has 1 N–H and O–H groups in total. The van der Waals surface area contributed by atoms with Crippen LogP contribution in [0.15, 0.2) is 47.5 Å². The zero-order valence-electron chi connectivity index (χ0n) is 17.4. The molecule has 4 aromatic rings. The molecule has 0 bridgehead atoms. The van der Waals surface area contributed by atoms with E-state index in [9.17, 15) is 4.79 Å². The van der Waals surface area contributed by atoms with Gasteiger partial charge in [-0.3, -0.25) is 9.48 Å². The minimum atomic E-state index is 0.0284. The van der Waals surface area contributed by atoms with Crippen LogP contribution in [0.5, 0.6) is 0 Å². The summed E-state index contributed by atoms with van der Waals surface area (Å²) in [7, 11) is 1.94. The summed E-state index contributed by atoms with van der Waals surface area (Å²) in [5.74, 6) is 0. The Hall–Kier alpha value is -2.99. The first-order valence-electron chi connectivity index (χ1n) is 10.7. The highest BCUT2D eigenvalue weighted by Crippen LogP contribution is 2.45. The molecule has 1 unspecified atom stereocenters. The Labute approximate surface area is 174 Å². The van der Waals surface area contributed by atoms with Gasteiger partial charge in [0, 0.05) is 29.6 Å². The minimum Gasteiger partial charge on any atom is -0.311 e. The predicted octanol–water partition coefficient (Wildman–Crippen LogP) is 3.72. The fraction of sp³-hybridized carbons (Fsp3) is 0.375. The van der Waals surface area contributed by atoms with Crippen LogP contribution >= 0.6 is 0 Å². The van der Waals surface area contributed by atoms with Crippen LogP contribution in [-0.2, 0) is 7.05 Å². The van der Waals surface area contributed by atoms with Crippen molar-refractivity contribution in [2.75, 3.05) is 6.54 Å². The summed E-state index contributed by atoms with van der Waals surface area (Å²) in [5.41, 5.74) is 4.70. The zero-order chi connectivity index (χ0) is 20.5. The Morgan fingerprint density at radius 1 is 1.13 bits per heavy atom. The van der Waals surface area contributed by atoms with E-state index < -0.39 is 0 Å². The Morgan fingerprint density at radius 3 is 2.80 bits per heavy atom. The van der Waals surface area contributed by atoms with Crippen molar-refractivity contribution in [2.45, 2.75) is 44.2 Å². The summed E-state index contributed by atoms with van der Waals surface area (Å²) < 4.78 is 3.58. The summed E-state index contributed by atoms with van der Waals surface area (Å²) in [4.78, 5) is 13.2. The minimum absolute atomic E-state index is 0.0284. The number of nitrogens with one attached hydrogen (secondary N) is 1. The molecule has 1 atom stereocenters. The summed E-state index contributed by atoms with van der Waals surface area (Å²) in [6, 6.07) is 10.6. The number of rotatable bonds is 2. The molecule has 2 fully saturated rings. The lowest BCUT2D eigenvalue weighted by Crippen LogP contribution is -2.43. The molecular weight excluding hydrogens is 374 g/mol. The summed E-state index contributed by atoms with van der Waals surface area (Å²) in [6.45, 7) is 3.05. The average molecular weight is 399 g/mol. The Balaban J connectivity index is 1.41. The van der Waals surface area contributed by atoms with Crippen LogP contribution in [0.4, 0.5) is 0 Å². The van der Waals surface area contributed by atoms with E-state index in [4.69, 9.17) is 0 Å². The maximum absolute atomic E-state index is 13.2. The van der Waals surface area contributed by atoms with Crippen molar-refractivity contribution in [3.05, 3.63) is 58.6 Å². The van der Waals surface area contributed by atoms with Gasteiger partial charge in [0.1, 0.15) is 0 Å². The molecule has 6 rings (SSSR count).